The van der Waals surface area contributed by atoms with Gasteiger partial charge in [0.25, 0.3) is 0 Å². The van der Waals surface area contributed by atoms with Crippen molar-refractivity contribution in [2.75, 3.05) is 19.6 Å². The van der Waals surface area contributed by atoms with Crippen molar-refractivity contribution in [2.24, 2.45) is 11.3 Å². The van der Waals surface area contributed by atoms with Crippen LogP contribution in [0.2, 0.25) is 0 Å². The van der Waals surface area contributed by atoms with Crippen LogP contribution >= 0.6 is 0 Å². The zero-order valence-corrected chi connectivity index (χ0v) is 12.4. The third-order valence-corrected chi connectivity index (χ3v) is 4.79. The maximum Gasteiger partial charge on any atom is 0.317 e. The molecule has 2 fully saturated rings. The fourth-order valence-electron chi connectivity index (χ4n) is 3.22. The standard InChI is InChI=1S/C15H26N2O3/c1-15(13(18)19)8-9-17(11-15)14(20)16-10-12-6-4-2-3-5-7-12/h12H,2-11H2,1H3,(H,16,20)(H,18,19). The number of urea groups is 1. The van der Waals surface area contributed by atoms with E-state index in [-0.39, 0.29) is 6.03 Å². The number of carbonyl (C=O) groups is 2. The zero-order valence-electron chi connectivity index (χ0n) is 12.4. The summed E-state index contributed by atoms with van der Waals surface area (Å²) in [4.78, 5) is 24.9. The van der Waals surface area contributed by atoms with Gasteiger partial charge in [-0.3, -0.25) is 4.79 Å². The van der Waals surface area contributed by atoms with Gasteiger partial charge in [-0.25, -0.2) is 4.79 Å². The van der Waals surface area contributed by atoms with Crippen molar-refractivity contribution < 1.29 is 14.7 Å². The lowest BCUT2D eigenvalue weighted by molar-refractivity contribution is -0.146. The molecule has 2 amide bonds. The number of likely N-dealkylation sites (tertiary alicyclic amines) is 1. The fourth-order valence-corrected chi connectivity index (χ4v) is 3.22. The van der Waals surface area contributed by atoms with Gasteiger partial charge in [0.15, 0.2) is 0 Å². The van der Waals surface area contributed by atoms with Crippen LogP contribution in [0.25, 0.3) is 0 Å². The average Bonchev–Trinajstić information content (AvgIpc) is 2.66. The van der Waals surface area contributed by atoms with Crippen molar-refractivity contribution in [1.29, 1.82) is 0 Å². The molecule has 0 spiro atoms. The molecule has 1 aliphatic heterocycles. The van der Waals surface area contributed by atoms with E-state index in [0.29, 0.717) is 25.4 Å². The Hall–Kier alpha value is -1.26. The first kappa shape index (κ1) is 15.1. The predicted molar refractivity (Wildman–Crippen MR) is 76.5 cm³/mol. The largest absolute Gasteiger partial charge is 0.481 e. The molecule has 5 heteroatoms. The Kier molecular flexibility index (Phi) is 4.89. The van der Waals surface area contributed by atoms with E-state index in [2.05, 4.69) is 5.32 Å². The van der Waals surface area contributed by atoms with Crippen LogP contribution < -0.4 is 5.32 Å². The topological polar surface area (TPSA) is 69.6 Å². The van der Waals surface area contributed by atoms with Crippen molar-refractivity contribution in [1.82, 2.24) is 10.2 Å². The summed E-state index contributed by atoms with van der Waals surface area (Å²) in [5.41, 5.74) is -0.778. The Labute approximate surface area is 120 Å². The second kappa shape index (κ2) is 6.46. The summed E-state index contributed by atoms with van der Waals surface area (Å²) < 4.78 is 0. The highest BCUT2D eigenvalue weighted by molar-refractivity contribution is 5.79. The average molecular weight is 282 g/mol. The molecule has 5 nitrogen and oxygen atoms in total. The zero-order chi connectivity index (χ0) is 14.6. The van der Waals surface area contributed by atoms with Crippen molar-refractivity contribution in [2.45, 2.75) is 51.9 Å². The summed E-state index contributed by atoms with van der Waals surface area (Å²) in [5, 5.41) is 12.2. The molecule has 0 aromatic heterocycles. The monoisotopic (exact) mass is 282 g/mol. The van der Waals surface area contributed by atoms with Crippen molar-refractivity contribution in [3.63, 3.8) is 0 Å². The number of aliphatic carboxylic acids is 1. The number of carboxylic acids is 1. The summed E-state index contributed by atoms with van der Waals surface area (Å²) in [6.07, 6.45) is 8.10. The van der Waals surface area contributed by atoms with Gasteiger partial charge in [-0.2, -0.15) is 0 Å². The summed E-state index contributed by atoms with van der Waals surface area (Å²) in [6.45, 7) is 3.31. The highest BCUT2D eigenvalue weighted by Crippen LogP contribution is 2.30. The lowest BCUT2D eigenvalue weighted by atomic mass is 9.90. The van der Waals surface area contributed by atoms with E-state index in [1.54, 1.807) is 11.8 Å². The second-order valence-corrected chi connectivity index (χ2v) is 6.58. The maximum absolute atomic E-state index is 12.1. The number of amides is 2. The molecule has 0 bridgehead atoms. The van der Waals surface area contributed by atoms with Crippen LogP contribution in [0.4, 0.5) is 4.79 Å². The second-order valence-electron chi connectivity index (χ2n) is 6.58. The van der Waals surface area contributed by atoms with Crippen LogP contribution in [0.3, 0.4) is 0 Å². The molecule has 1 atom stereocenters. The van der Waals surface area contributed by atoms with E-state index >= 15 is 0 Å². The van der Waals surface area contributed by atoms with Crippen molar-refractivity contribution in [3.05, 3.63) is 0 Å². The molecule has 20 heavy (non-hydrogen) atoms. The minimum atomic E-state index is -0.809. The van der Waals surface area contributed by atoms with Gasteiger partial charge >= 0.3 is 12.0 Å². The molecule has 1 heterocycles. The van der Waals surface area contributed by atoms with Gasteiger partial charge in [-0.15, -0.1) is 0 Å². The minimum Gasteiger partial charge on any atom is -0.481 e. The molecule has 2 N–H and O–H groups in total. The van der Waals surface area contributed by atoms with Crippen molar-refractivity contribution >= 4 is 12.0 Å². The Bertz CT molecular complexity index is 364. The normalized spacial score (nSPS) is 28.1. The van der Waals surface area contributed by atoms with Gasteiger partial charge in [0.2, 0.25) is 0 Å². The molecule has 1 unspecified atom stereocenters. The lowest BCUT2D eigenvalue weighted by Crippen LogP contribution is -2.42. The van der Waals surface area contributed by atoms with Gasteiger partial charge in [-0.05, 0) is 32.1 Å². The SMILES string of the molecule is CC1(C(=O)O)CCN(C(=O)NCC2CCCCCC2)C1. The first-order chi connectivity index (χ1) is 9.51. The van der Waals surface area contributed by atoms with Gasteiger partial charge in [0.1, 0.15) is 0 Å². The van der Waals surface area contributed by atoms with Crippen LogP contribution in [0.1, 0.15) is 51.9 Å². The Morgan fingerprint density at radius 1 is 1.25 bits per heavy atom. The molecular formula is C15H26N2O3. The van der Waals surface area contributed by atoms with Crippen LogP contribution in [0.15, 0.2) is 0 Å². The number of carbonyl (C=O) groups excluding carboxylic acids is 1. The maximum atomic E-state index is 12.1. The molecule has 1 aliphatic carbocycles. The smallest absolute Gasteiger partial charge is 0.317 e. The Morgan fingerprint density at radius 3 is 2.45 bits per heavy atom. The molecule has 0 aromatic carbocycles. The summed E-state index contributed by atoms with van der Waals surface area (Å²) in [5.74, 6) is -0.216. The summed E-state index contributed by atoms with van der Waals surface area (Å²) in [7, 11) is 0. The quantitative estimate of drug-likeness (QED) is 0.781. The number of carboxylic acid groups (broad SMARTS) is 1. The van der Waals surface area contributed by atoms with Gasteiger partial charge in [0.05, 0.1) is 5.41 Å². The van der Waals surface area contributed by atoms with E-state index < -0.39 is 11.4 Å². The molecule has 114 valence electrons. The molecule has 1 saturated heterocycles. The number of hydrogen-bond acceptors (Lipinski definition) is 2. The van der Waals surface area contributed by atoms with Gasteiger partial charge < -0.3 is 15.3 Å². The third-order valence-electron chi connectivity index (χ3n) is 4.79. The molecule has 2 aliphatic rings. The van der Waals surface area contributed by atoms with E-state index in [4.69, 9.17) is 0 Å². The Morgan fingerprint density at radius 2 is 1.90 bits per heavy atom. The Balaban J connectivity index is 1.76. The molecule has 2 rings (SSSR count). The van der Waals surface area contributed by atoms with Crippen molar-refractivity contribution in [3.8, 4) is 0 Å². The highest BCUT2D eigenvalue weighted by atomic mass is 16.4. The number of rotatable bonds is 3. The highest BCUT2D eigenvalue weighted by Gasteiger charge is 2.42. The van der Waals surface area contributed by atoms with Gasteiger partial charge in [-0.1, -0.05) is 25.7 Å². The number of hydrogen-bond donors (Lipinski definition) is 2. The van der Waals surface area contributed by atoms with Crippen LogP contribution in [0, 0.1) is 11.3 Å². The number of nitrogens with one attached hydrogen (secondary N) is 1. The summed E-state index contributed by atoms with van der Waals surface area (Å²) in [6, 6.07) is -0.0979. The van der Waals surface area contributed by atoms with Crippen LogP contribution in [-0.4, -0.2) is 41.6 Å². The first-order valence-electron chi connectivity index (χ1n) is 7.77. The van der Waals surface area contributed by atoms with E-state index in [1.165, 1.54) is 38.5 Å². The number of nitrogens with zero attached hydrogens (tertiary/aromatic N) is 1. The predicted octanol–water partition coefficient (Wildman–Crippen LogP) is 2.46. The van der Waals surface area contributed by atoms with E-state index in [1.807, 2.05) is 0 Å². The van der Waals surface area contributed by atoms with E-state index in [0.717, 1.165) is 6.54 Å². The lowest BCUT2D eigenvalue weighted by Gasteiger charge is -2.22. The van der Waals surface area contributed by atoms with Crippen LogP contribution in [0.5, 0.6) is 0 Å². The summed E-state index contributed by atoms with van der Waals surface area (Å²) >= 11 is 0. The van der Waals surface area contributed by atoms with Gasteiger partial charge in [0, 0.05) is 19.6 Å². The minimum absolute atomic E-state index is 0.0979. The third kappa shape index (κ3) is 3.64. The fraction of sp³-hybridized carbons (Fsp3) is 0.867. The van der Waals surface area contributed by atoms with Crippen LogP contribution in [-0.2, 0) is 4.79 Å². The molecule has 0 aromatic rings. The first-order valence-corrected chi connectivity index (χ1v) is 7.77. The molecule has 0 radical (unpaired) electrons. The molecular weight excluding hydrogens is 256 g/mol. The molecule has 1 saturated carbocycles. The van der Waals surface area contributed by atoms with E-state index in [9.17, 15) is 14.7 Å².